The van der Waals surface area contributed by atoms with Crippen molar-refractivity contribution in [1.29, 1.82) is 5.26 Å². The standard InChI is InChI=1S/C12H13BrN2O/c13-11-2-1-9(7-14)5-10(11)6-12(16)3-4-15-8-12/h1-2,5,15-16H,3-4,6,8H2. The monoisotopic (exact) mass is 280 g/mol. The molecule has 0 aromatic heterocycles. The number of halogens is 1. The highest BCUT2D eigenvalue weighted by Crippen LogP contribution is 2.26. The Balaban J connectivity index is 2.23. The molecule has 0 spiro atoms. The maximum absolute atomic E-state index is 10.3. The first kappa shape index (κ1) is 11.6. The van der Waals surface area contributed by atoms with Gasteiger partial charge in [0.05, 0.1) is 17.2 Å². The summed E-state index contributed by atoms with van der Waals surface area (Å²) in [5, 5.41) is 22.3. The molecule has 1 aromatic carbocycles. The number of nitrogens with zero attached hydrogens (tertiary/aromatic N) is 1. The summed E-state index contributed by atoms with van der Waals surface area (Å²) in [6.45, 7) is 1.47. The van der Waals surface area contributed by atoms with Crippen molar-refractivity contribution < 1.29 is 5.11 Å². The Bertz CT molecular complexity index is 433. The van der Waals surface area contributed by atoms with Crippen molar-refractivity contribution in [3.05, 3.63) is 33.8 Å². The second-order valence-corrected chi connectivity index (χ2v) is 5.10. The van der Waals surface area contributed by atoms with Crippen LogP contribution in [-0.4, -0.2) is 23.8 Å². The highest BCUT2D eigenvalue weighted by molar-refractivity contribution is 9.10. The maximum Gasteiger partial charge on any atom is 0.0991 e. The largest absolute Gasteiger partial charge is 0.388 e. The van der Waals surface area contributed by atoms with Crippen molar-refractivity contribution in [1.82, 2.24) is 5.32 Å². The average Bonchev–Trinajstić information content (AvgIpc) is 2.68. The molecule has 0 amide bonds. The van der Waals surface area contributed by atoms with Crippen molar-refractivity contribution in [2.75, 3.05) is 13.1 Å². The zero-order valence-corrected chi connectivity index (χ0v) is 10.4. The molecule has 1 atom stereocenters. The molecule has 0 saturated carbocycles. The molecule has 4 heteroatoms. The SMILES string of the molecule is N#Cc1ccc(Br)c(CC2(O)CCNC2)c1. The molecule has 0 radical (unpaired) electrons. The van der Waals surface area contributed by atoms with E-state index in [0.29, 0.717) is 18.5 Å². The minimum Gasteiger partial charge on any atom is -0.388 e. The third-order valence-electron chi connectivity index (χ3n) is 2.92. The lowest BCUT2D eigenvalue weighted by Gasteiger charge is -2.21. The molecule has 84 valence electrons. The van der Waals surface area contributed by atoms with Gasteiger partial charge in [0.25, 0.3) is 0 Å². The van der Waals surface area contributed by atoms with E-state index in [9.17, 15) is 5.11 Å². The van der Waals surface area contributed by atoms with E-state index in [1.807, 2.05) is 12.1 Å². The number of hydrogen-bond donors (Lipinski definition) is 2. The maximum atomic E-state index is 10.3. The Kier molecular flexibility index (Phi) is 3.29. The smallest absolute Gasteiger partial charge is 0.0991 e. The molecule has 0 bridgehead atoms. The zero-order chi connectivity index (χ0) is 11.6. The van der Waals surface area contributed by atoms with Crippen LogP contribution < -0.4 is 5.32 Å². The van der Waals surface area contributed by atoms with E-state index < -0.39 is 5.60 Å². The molecule has 1 unspecified atom stereocenters. The molecule has 1 aromatic rings. The van der Waals surface area contributed by atoms with Gasteiger partial charge in [0.1, 0.15) is 0 Å². The van der Waals surface area contributed by atoms with Crippen molar-refractivity contribution >= 4 is 15.9 Å². The van der Waals surface area contributed by atoms with Gasteiger partial charge in [0.15, 0.2) is 0 Å². The fourth-order valence-electron chi connectivity index (χ4n) is 2.02. The highest BCUT2D eigenvalue weighted by Gasteiger charge is 2.31. The molecule has 16 heavy (non-hydrogen) atoms. The van der Waals surface area contributed by atoms with Gasteiger partial charge in [-0.05, 0) is 36.7 Å². The molecule has 1 fully saturated rings. The van der Waals surface area contributed by atoms with Crippen molar-refractivity contribution in [2.45, 2.75) is 18.4 Å². The van der Waals surface area contributed by atoms with Crippen LogP contribution in [0.15, 0.2) is 22.7 Å². The number of nitriles is 1. The van der Waals surface area contributed by atoms with Crippen LogP contribution in [0.4, 0.5) is 0 Å². The van der Waals surface area contributed by atoms with Gasteiger partial charge in [-0.1, -0.05) is 15.9 Å². The van der Waals surface area contributed by atoms with E-state index in [1.165, 1.54) is 0 Å². The van der Waals surface area contributed by atoms with E-state index in [4.69, 9.17) is 5.26 Å². The molecule has 3 nitrogen and oxygen atoms in total. The number of hydrogen-bond acceptors (Lipinski definition) is 3. The van der Waals surface area contributed by atoms with E-state index in [2.05, 4.69) is 27.3 Å². The molecular weight excluding hydrogens is 268 g/mol. The number of aliphatic hydroxyl groups is 1. The predicted molar refractivity (Wildman–Crippen MR) is 65.0 cm³/mol. The quantitative estimate of drug-likeness (QED) is 0.865. The number of nitrogens with one attached hydrogen (secondary N) is 1. The molecule has 1 heterocycles. The van der Waals surface area contributed by atoms with Gasteiger partial charge in [0, 0.05) is 17.4 Å². The minimum atomic E-state index is -0.670. The lowest BCUT2D eigenvalue weighted by Crippen LogP contribution is -2.33. The average molecular weight is 281 g/mol. The summed E-state index contributed by atoms with van der Waals surface area (Å²) in [7, 11) is 0. The molecule has 0 aliphatic carbocycles. The van der Waals surface area contributed by atoms with Crippen LogP contribution in [0.3, 0.4) is 0 Å². The van der Waals surface area contributed by atoms with E-state index in [-0.39, 0.29) is 0 Å². The number of β-amino-alcohol motifs (C(OH)–C–C–N with tert-alkyl or cyclic N) is 1. The van der Waals surface area contributed by atoms with Crippen LogP contribution in [0.2, 0.25) is 0 Å². The Morgan fingerprint density at radius 1 is 1.56 bits per heavy atom. The van der Waals surface area contributed by atoms with Crippen LogP contribution in [0.5, 0.6) is 0 Å². The van der Waals surface area contributed by atoms with Gasteiger partial charge in [0.2, 0.25) is 0 Å². The second-order valence-electron chi connectivity index (χ2n) is 4.25. The van der Waals surface area contributed by atoms with Crippen molar-refractivity contribution in [3.63, 3.8) is 0 Å². The van der Waals surface area contributed by atoms with E-state index >= 15 is 0 Å². The summed E-state index contributed by atoms with van der Waals surface area (Å²) in [6.07, 6.45) is 1.34. The summed E-state index contributed by atoms with van der Waals surface area (Å²) in [5.74, 6) is 0. The fourth-order valence-corrected chi connectivity index (χ4v) is 2.40. The summed E-state index contributed by atoms with van der Waals surface area (Å²) in [5.41, 5.74) is 0.953. The molecule has 1 aliphatic rings. The van der Waals surface area contributed by atoms with Gasteiger partial charge >= 0.3 is 0 Å². The first-order chi connectivity index (χ1) is 7.63. The van der Waals surface area contributed by atoms with Crippen molar-refractivity contribution in [3.8, 4) is 6.07 Å². The Morgan fingerprint density at radius 3 is 3.00 bits per heavy atom. The third kappa shape index (κ3) is 2.43. The lowest BCUT2D eigenvalue weighted by atomic mass is 9.93. The molecule has 2 rings (SSSR count). The van der Waals surface area contributed by atoms with Gasteiger partial charge < -0.3 is 10.4 Å². The van der Waals surface area contributed by atoms with Crippen LogP contribution in [0.1, 0.15) is 17.5 Å². The van der Waals surface area contributed by atoms with Gasteiger partial charge in [-0.2, -0.15) is 5.26 Å². The first-order valence-electron chi connectivity index (χ1n) is 5.25. The van der Waals surface area contributed by atoms with Gasteiger partial charge in [-0.15, -0.1) is 0 Å². The van der Waals surface area contributed by atoms with Crippen LogP contribution in [0.25, 0.3) is 0 Å². The molecule has 1 saturated heterocycles. The summed E-state index contributed by atoms with van der Waals surface area (Å²) in [6, 6.07) is 7.58. The lowest BCUT2D eigenvalue weighted by molar-refractivity contribution is 0.0617. The third-order valence-corrected chi connectivity index (χ3v) is 3.69. The predicted octanol–water partition coefficient (Wildman–Crippen LogP) is 1.59. The summed E-state index contributed by atoms with van der Waals surface area (Å²) >= 11 is 3.45. The molecule has 2 N–H and O–H groups in total. The van der Waals surface area contributed by atoms with Gasteiger partial charge in [-0.3, -0.25) is 0 Å². The topological polar surface area (TPSA) is 56.0 Å². The van der Waals surface area contributed by atoms with E-state index in [0.717, 1.165) is 23.0 Å². The van der Waals surface area contributed by atoms with Crippen LogP contribution in [-0.2, 0) is 6.42 Å². The number of rotatable bonds is 2. The zero-order valence-electron chi connectivity index (χ0n) is 8.83. The Labute approximate surface area is 103 Å². The normalized spacial score (nSPS) is 24.3. The van der Waals surface area contributed by atoms with Crippen LogP contribution >= 0.6 is 15.9 Å². The van der Waals surface area contributed by atoms with Gasteiger partial charge in [-0.25, -0.2) is 0 Å². The Morgan fingerprint density at radius 2 is 2.38 bits per heavy atom. The van der Waals surface area contributed by atoms with E-state index in [1.54, 1.807) is 6.07 Å². The molecular formula is C12H13BrN2O. The summed E-state index contributed by atoms with van der Waals surface area (Å²) in [4.78, 5) is 0. The molecule has 1 aliphatic heterocycles. The van der Waals surface area contributed by atoms with Crippen molar-refractivity contribution in [2.24, 2.45) is 0 Å². The Hall–Kier alpha value is -0.890. The number of benzene rings is 1. The highest BCUT2D eigenvalue weighted by atomic mass is 79.9. The second kappa shape index (κ2) is 4.54. The summed E-state index contributed by atoms with van der Waals surface area (Å²) < 4.78 is 0.951. The minimum absolute atomic E-state index is 0.579. The fraction of sp³-hybridized carbons (Fsp3) is 0.417. The first-order valence-corrected chi connectivity index (χ1v) is 6.04. The van der Waals surface area contributed by atoms with Crippen LogP contribution in [0, 0.1) is 11.3 Å².